The molecule has 1 N–H and O–H groups in total. The summed E-state index contributed by atoms with van der Waals surface area (Å²) >= 11 is 0. The Morgan fingerprint density at radius 1 is 0.875 bits per heavy atom. The lowest BCUT2D eigenvalue weighted by molar-refractivity contribution is -0.176. The molecule has 0 saturated carbocycles. The van der Waals surface area contributed by atoms with Crippen LogP contribution in [0.5, 0.6) is 0 Å². The molecule has 3 heterocycles. The van der Waals surface area contributed by atoms with E-state index in [1.54, 1.807) is 0 Å². The Labute approximate surface area is 342 Å². The van der Waals surface area contributed by atoms with Crippen molar-refractivity contribution in [2.24, 2.45) is 0 Å². The molecule has 2 aromatic rings. The van der Waals surface area contributed by atoms with Gasteiger partial charge >= 0.3 is 14.5 Å². The van der Waals surface area contributed by atoms with E-state index >= 15 is 0 Å². The number of ether oxygens (including phenoxy) is 2. The zero-order valence-corrected chi connectivity index (χ0v) is 40.4. The summed E-state index contributed by atoms with van der Waals surface area (Å²) in [5.41, 5.74) is 0.824. The largest absolute Gasteiger partial charge is 0.463 e. The van der Waals surface area contributed by atoms with Gasteiger partial charge in [-0.2, -0.15) is 0 Å². The van der Waals surface area contributed by atoms with Crippen LogP contribution in [0.1, 0.15) is 132 Å². The summed E-state index contributed by atoms with van der Waals surface area (Å²) in [6.07, 6.45) is -3.64. The Morgan fingerprint density at radius 2 is 1.48 bits per heavy atom. The topological polar surface area (TPSA) is 106 Å². The van der Waals surface area contributed by atoms with Crippen LogP contribution in [-0.2, 0) is 44.0 Å². The highest BCUT2D eigenvalue weighted by molar-refractivity contribution is 6.74. The van der Waals surface area contributed by atoms with Crippen LogP contribution in [0.15, 0.2) is 46.9 Å². The fourth-order valence-electron chi connectivity index (χ4n) is 8.04. The van der Waals surface area contributed by atoms with Crippen molar-refractivity contribution in [1.29, 1.82) is 0 Å². The summed E-state index contributed by atoms with van der Waals surface area (Å²) in [5.74, 6) is 0.858. The molecule has 12 heteroatoms. The molecule has 9 nitrogen and oxygen atoms in total. The molecule has 1 fully saturated rings. The van der Waals surface area contributed by atoms with Crippen LogP contribution in [0.3, 0.4) is 0 Å². The molecule has 2 aliphatic rings. The summed E-state index contributed by atoms with van der Waals surface area (Å²) in [6, 6.07) is 16.8. The molecule has 0 unspecified atom stereocenters. The van der Waals surface area contributed by atoms with Crippen LogP contribution in [-0.4, -0.2) is 72.9 Å². The molecule has 0 aliphatic carbocycles. The fourth-order valence-corrected chi connectivity index (χ4v) is 16.1. The molecule has 1 aromatic carbocycles. The second-order valence-corrected chi connectivity index (χ2v) is 32.9. The quantitative estimate of drug-likeness (QED) is 0.156. The molecule has 1 aromatic heterocycles. The number of hydrogen-bond acceptors (Lipinski definition) is 9. The van der Waals surface area contributed by atoms with Crippen molar-refractivity contribution in [3.63, 3.8) is 0 Å². The number of cyclic esters (lactones) is 1. The molecule has 4 rings (SSSR count). The van der Waals surface area contributed by atoms with Gasteiger partial charge in [-0.15, -0.1) is 0 Å². The zero-order valence-electron chi connectivity index (χ0n) is 37.4. The molecule has 4 bridgehead atoms. The normalized spacial score (nSPS) is 27.1. The Kier molecular flexibility index (Phi) is 15.8. The number of carbonyl (C=O) groups is 1. The Bertz CT molecular complexity index is 1520. The standard InChI is InChI=1S/C44H76O9Si3/c1-16-55(17-2,18-3)51-38-28-35(45)41(53-54(14,15)43(9,10)11)42(46)49-37(32(8)47-29-33-22-20-19-21-23-33)26-34-27-40(44(12,13)39-25-24-36(38)48-39)52-56(50-34,30(4)5)31(6)7/h19-25,30-32,34-35,37-38,40-41,45H,16-18,26-29H2,1-15H3/t32-,34+,35+,37-,38-,40-,41-/m0/s1. The number of esters is 1. The summed E-state index contributed by atoms with van der Waals surface area (Å²) in [5, 5.41) is 12.1. The Balaban J connectivity index is 1.90. The number of hydrogen-bond donors (Lipinski definition) is 1. The van der Waals surface area contributed by atoms with Crippen molar-refractivity contribution >= 4 is 31.2 Å². The first-order chi connectivity index (χ1) is 26.0. The van der Waals surface area contributed by atoms with Crippen LogP contribution in [0.4, 0.5) is 0 Å². The maximum atomic E-state index is 14.8. The second kappa shape index (κ2) is 18.8. The first-order valence-corrected chi connectivity index (χ1v) is 28.8. The molecule has 56 heavy (non-hydrogen) atoms. The highest BCUT2D eigenvalue weighted by Crippen LogP contribution is 2.48. The number of rotatable bonds is 13. The zero-order chi connectivity index (χ0) is 41.9. The number of benzene rings is 1. The fraction of sp³-hybridized carbons (Fsp3) is 0.750. The third-order valence-electron chi connectivity index (χ3n) is 13.4. The van der Waals surface area contributed by atoms with Gasteiger partial charge in [0.1, 0.15) is 23.7 Å². The minimum Gasteiger partial charge on any atom is -0.463 e. The van der Waals surface area contributed by atoms with E-state index in [1.165, 1.54) is 0 Å². The van der Waals surface area contributed by atoms with Crippen LogP contribution >= 0.6 is 0 Å². The van der Waals surface area contributed by atoms with Crippen LogP contribution in [0.25, 0.3) is 0 Å². The number of fused-ring (bicyclic) bond motifs is 4. The predicted octanol–water partition coefficient (Wildman–Crippen LogP) is 11.1. The highest BCUT2D eigenvalue weighted by atomic mass is 28.4. The Hall–Kier alpha value is -1.62. The van der Waals surface area contributed by atoms with Crippen molar-refractivity contribution in [3.8, 4) is 0 Å². The van der Waals surface area contributed by atoms with E-state index in [2.05, 4.69) is 102 Å². The molecule has 318 valence electrons. The van der Waals surface area contributed by atoms with Crippen LogP contribution in [0, 0.1) is 0 Å². The van der Waals surface area contributed by atoms with Crippen molar-refractivity contribution in [3.05, 3.63) is 59.5 Å². The van der Waals surface area contributed by atoms with Crippen LogP contribution in [0.2, 0.25) is 47.3 Å². The molecule has 0 amide bonds. The molecular weight excluding hydrogens is 757 g/mol. The average molecular weight is 833 g/mol. The van der Waals surface area contributed by atoms with E-state index in [-0.39, 0.29) is 34.7 Å². The maximum absolute atomic E-state index is 14.8. The predicted molar refractivity (Wildman–Crippen MR) is 231 cm³/mol. The summed E-state index contributed by atoms with van der Waals surface area (Å²) < 4.78 is 48.4. The Morgan fingerprint density at radius 3 is 2.04 bits per heavy atom. The van der Waals surface area contributed by atoms with Gasteiger partial charge in [-0.1, -0.05) is 113 Å². The van der Waals surface area contributed by atoms with E-state index in [0.717, 1.165) is 29.5 Å². The van der Waals surface area contributed by atoms with Crippen molar-refractivity contribution in [2.75, 3.05) is 0 Å². The van der Waals surface area contributed by atoms with E-state index < -0.39 is 67.1 Å². The third kappa shape index (κ3) is 10.6. The maximum Gasteiger partial charge on any atom is 0.343 e. The van der Waals surface area contributed by atoms with Gasteiger partial charge in [-0.25, -0.2) is 4.79 Å². The number of furan rings is 1. The minimum absolute atomic E-state index is 0.115. The smallest absolute Gasteiger partial charge is 0.343 e. The van der Waals surface area contributed by atoms with Gasteiger partial charge in [0, 0.05) is 18.3 Å². The lowest BCUT2D eigenvalue weighted by atomic mass is 9.80. The van der Waals surface area contributed by atoms with E-state index in [1.807, 2.05) is 43.3 Å². The van der Waals surface area contributed by atoms with Crippen molar-refractivity contribution in [2.45, 2.75) is 211 Å². The van der Waals surface area contributed by atoms with E-state index in [4.69, 9.17) is 31.6 Å². The van der Waals surface area contributed by atoms with E-state index in [9.17, 15) is 9.90 Å². The summed E-state index contributed by atoms with van der Waals surface area (Å²) in [7, 11) is -7.69. The van der Waals surface area contributed by atoms with Gasteiger partial charge in [-0.05, 0) is 78.4 Å². The second-order valence-electron chi connectivity index (χ2n) is 19.2. The van der Waals surface area contributed by atoms with Crippen molar-refractivity contribution in [1.82, 2.24) is 0 Å². The molecule has 1 saturated heterocycles. The van der Waals surface area contributed by atoms with Crippen molar-refractivity contribution < 1.29 is 41.5 Å². The van der Waals surface area contributed by atoms with Gasteiger partial charge in [-0.3, -0.25) is 0 Å². The van der Waals surface area contributed by atoms with Gasteiger partial charge in [0.05, 0.1) is 31.0 Å². The van der Waals surface area contributed by atoms with Gasteiger partial charge in [0.15, 0.2) is 22.7 Å². The molecule has 0 radical (unpaired) electrons. The van der Waals surface area contributed by atoms with Crippen LogP contribution < -0.4 is 0 Å². The number of aliphatic hydroxyl groups is 1. The molecule has 2 aliphatic heterocycles. The SMILES string of the molecule is CC[Si](CC)(CC)O[C@H]1C[C@@H](O)[C@H](O[Si](C)(C)C(C)(C)C)C(=O)O[C@H]([C@H](C)OCc2ccccc2)C[C@@H]2C[C@H](O[Si](C(C)C)(C(C)C)O2)C(C)(C)c2ccc1o2. The first kappa shape index (κ1) is 47.1. The van der Waals surface area contributed by atoms with Gasteiger partial charge in [0.25, 0.3) is 0 Å². The lowest BCUT2D eigenvalue weighted by Gasteiger charge is -2.51. The van der Waals surface area contributed by atoms with Gasteiger partial charge < -0.3 is 36.7 Å². The first-order valence-electron chi connectivity index (χ1n) is 21.4. The monoisotopic (exact) mass is 832 g/mol. The average Bonchev–Trinajstić information content (AvgIpc) is 3.65. The minimum atomic E-state index is -2.85. The van der Waals surface area contributed by atoms with E-state index in [0.29, 0.717) is 25.2 Å². The summed E-state index contributed by atoms with van der Waals surface area (Å²) in [4.78, 5) is 14.8. The molecular formula is C44H76O9Si3. The molecule has 7 atom stereocenters. The highest BCUT2D eigenvalue weighted by Gasteiger charge is 2.56. The van der Waals surface area contributed by atoms with Gasteiger partial charge in [0.2, 0.25) is 0 Å². The number of aliphatic hydroxyl groups excluding tert-OH is 1. The third-order valence-corrected chi connectivity index (χ3v) is 27.1. The lowest BCUT2D eigenvalue weighted by Crippen LogP contribution is -2.61. The molecule has 0 spiro atoms. The summed E-state index contributed by atoms with van der Waals surface area (Å²) in [6.45, 7) is 32.7. The number of carbonyl (C=O) groups excluding carboxylic acids is 1.